The minimum atomic E-state index is -0.844. The lowest BCUT2D eigenvalue weighted by molar-refractivity contribution is -0.138. The molecule has 1 heterocycles. The molecule has 24 heavy (non-hydrogen) atoms. The van der Waals surface area contributed by atoms with Gasteiger partial charge in [0.15, 0.2) is 0 Å². The van der Waals surface area contributed by atoms with Crippen LogP contribution in [0.5, 0.6) is 0 Å². The molecule has 132 valence electrons. The summed E-state index contributed by atoms with van der Waals surface area (Å²) >= 11 is 6.01. The van der Waals surface area contributed by atoms with Crippen LogP contribution in [0.15, 0.2) is 24.3 Å². The number of rotatable bonds is 7. The molecule has 1 N–H and O–H groups in total. The number of aliphatic carboxylic acids is 1. The van der Waals surface area contributed by atoms with E-state index in [0.29, 0.717) is 19.6 Å². The topological polar surface area (TPSA) is 64.1 Å². The number of hydrogen-bond donors (Lipinski definition) is 1. The number of likely N-dealkylation sites (N-methyl/N-ethyl adjacent to an activating group) is 1. The Morgan fingerprint density at radius 3 is 2.58 bits per heavy atom. The average molecular weight is 354 g/mol. The molecule has 0 aromatic heterocycles. The monoisotopic (exact) mass is 353 g/mol. The third-order valence-corrected chi connectivity index (χ3v) is 4.37. The molecule has 7 heteroatoms. The molecule has 1 saturated heterocycles. The Bertz CT molecular complexity index is 574. The molecule has 0 radical (unpaired) electrons. The number of carbonyl (C=O) groups excluding carboxylic acids is 1. The second-order valence-corrected chi connectivity index (χ2v) is 6.60. The highest BCUT2D eigenvalue weighted by atomic mass is 35.5. The van der Waals surface area contributed by atoms with Gasteiger partial charge in [0, 0.05) is 44.3 Å². The standard InChI is InChI=1S/C17H24ClN3O3/c1-19(6-5-17(23)24)13-16(22)21-9-7-20(8-10-21)12-14-3-2-4-15(18)11-14/h2-4,11H,5-10,12-13H2,1H3,(H,23,24). The SMILES string of the molecule is CN(CCC(=O)O)CC(=O)N1CCN(Cc2cccc(Cl)c2)CC1. The van der Waals surface area contributed by atoms with Gasteiger partial charge >= 0.3 is 5.97 Å². The van der Waals surface area contributed by atoms with E-state index in [0.717, 1.165) is 24.7 Å². The Labute approximate surface area is 147 Å². The average Bonchev–Trinajstić information content (AvgIpc) is 2.53. The summed E-state index contributed by atoms with van der Waals surface area (Å²) in [5, 5.41) is 9.42. The number of amides is 1. The van der Waals surface area contributed by atoms with Crippen LogP contribution < -0.4 is 0 Å². The van der Waals surface area contributed by atoms with E-state index in [1.807, 2.05) is 23.1 Å². The smallest absolute Gasteiger partial charge is 0.304 e. The fourth-order valence-corrected chi connectivity index (χ4v) is 2.96. The van der Waals surface area contributed by atoms with E-state index >= 15 is 0 Å². The maximum absolute atomic E-state index is 12.3. The summed E-state index contributed by atoms with van der Waals surface area (Å²) in [6.45, 7) is 4.55. The van der Waals surface area contributed by atoms with Gasteiger partial charge in [0.2, 0.25) is 5.91 Å². The van der Waals surface area contributed by atoms with Crippen molar-refractivity contribution in [1.82, 2.24) is 14.7 Å². The van der Waals surface area contributed by atoms with Crippen molar-refractivity contribution in [2.24, 2.45) is 0 Å². The van der Waals surface area contributed by atoms with E-state index in [-0.39, 0.29) is 18.9 Å². The second kappa shape index (κ2) is 9.01. The van der Waals surface area contributed by atoms with Gasteiger partial charge in [-0.2, -0.15) is 0 Å². The molecule has 1 amide bonds. The molecule has 0 bridgehead atoms. The van der Waals surface area contributed by atoms with Crippen LogP contribution in [0, 0.1) is 0 Å². The van der Waals surface area contributed by atoms with E-state index in [1.165, 1.54) is 5.56 Å². The first-order chi connectivity index (χ1) is 11.4. The predicted molar refractivity (Wildman–Crippen MR) is 93.1 cm³/mol. The molecule has 1 aliphatic rings. The van der Waals surface area contributed by atoms with Crippen molar-refractivity contribution in [3.63, 3.8) is 0 Å². The Kier molecular flexibility index (Phi) is 7.02. The van der Waals surface area contributed by atoms with Crippen molar-refractivity contribution >= 4 is 23.5 Å². The number of piperazine rings is 1. The molecule has 0 spiro atoms. The summed E-state index contributed by atoms with van der Waals surface area (Å²) < 4.78 is 0. The van der Waals surface area contributed by atoms with E-state index in [9.17, 15) is 9.59 Å². The van der Waals surface area contributed by atoms with Crippen LogP contribution in [0.1, 0.15) is 12.0 Å². The summed E-state index contributed by atoms with van der Waals surface area (Å²) in [7, 11) is 1.77. The first-order valence-corrected chi connectivity index (χ1v) is 8.47. The third-order valence-electron chi connectivity index (χ3n) is 4.13. The van der Waals surface area contributed by atoms with Gasteiger partial charge in [-0.15, -0.1) is 0 Å². The summed E-state index contributed by atoms with van der Waals surface area (Å²) in [6.07, 6.45) is 0.0528. The molecule has 1 aromatic rings. The fourth-order valence-electron chi connectivity index (χ4n) is 2.75. The van der Waals surface area contributed by atoms with Crippen molar-refractivity contribution in [1.29, 1.82) is 0 Å². The van der Waals surface area contributed by atoms with E-state index in [4.69, 9.17) is 16.7 Å². The van der Waals surface area contributed by atoms with Gasteiger partial charge in [0.25, 0.3) is 0 Å². The Morgan fingerprint density at radius 1 is 1.25 bits per heavy atom. The third kappa shape index (κ3) is 6.11. The number of carboxylic acid groups (broad SMARTS) is 1. The quantitative estimate of drug-likeness (QED) is 0.802. The molecule has 0 aliphatic carbocycles. The van der Waals surface area contributed by atoms with Gasteiger partial charge in [0.05, 0.1) is 13.0 Å². The van der Waals surface area contributed by atoms with E-state index < -0.39 is 5.97 Å². The lowest BCUT2D eigenvalue weighted by Crippen LogP contribution is -2.50. The van der Waals surface area contributed by atoms with Gasteiger partial charge in [0.1, 0.15) is 0 Å². The zero-order valence-electron chi connectivity index (χ0n) is 13.9. The fraction of sp³-hybridized carbons (Fsp3) is 0.529. The molecule has 1 aliphatic heterocycles. The van der Waals surface area contributed by atoms with Gasteiger partial charge in [-0.05, 0) is 24.7 Å². The van der Waals surface area contributed by atoms with Gasteiger partial charge in [-0.1, -0.05) is 23.7 Å². The molecule has 1 aromatic carbocycles. The maximum atomic E-state index is 12.3. The zero-order valence-corrected chi connectivity index (χ0v) is 14.7. The molecule has 0 atom stereocenters. The number of carbonyl (C=O) groups is 2. The largest absolute Gasteiger partial charge is 0.481 e. The van der Waals surface area contributed by atoms with Crippen molar-refractivity contribution in [2.75, 3.05) is 46.3 Å². The van der Waals surface area contributed by atoms with Crippen LogP contribution in [-0.2, 0) is 16.1 Å². The number of hydrogen-bond acceptors (Lipinski definition) is 4. The molecule has 0 saturated carbocycles. The van der Waals surface area contributed by atoms with Crippen LogP contribution in [0.2, 0.25) is 5.02 Å². The maximum Gasteiger partial charge on any atom is 0.304 e. The number of carboxylic acids is 1. The molecular weight excluding hydrogens is 330 g/mol. The molecule has 6 nitrogen and oxygen atoms in total. The first kappa shape index (κ1) is 18.7. The van der Waals surface area contributed by atoms with Crippen molar-refractivity contribution in [3.05, 3.63) is 34.9 Å². The lowest BCUT2D eigenvalue weighted by atomic mass is 10.2. The minimum absolute atomic E-state index is 0.0528. The second-order valence-electron chi connectivity index (χ2n) is 6.17. The van der Waals surface area contributed by atoms with Gasteiger partial charge in [-0.3, -0.25) is 19.4 Å². The Hall–Kier alpha value is -1.63. The molecule has 1 fully saturated rings. The zero-order chi connectivity index (χ0) is 17.5. The number of benzene rings is 1. The highest BCUT2D eigenvalue weighted by Gasteiger charge is 2.22. The van der Waals surface area contributed by atoms with Gasteiger partial charge < -0.3 is 10.0 Å². The lowest BCUT2D eigenvalue weighted by Gasteiger charge is -2.35. The number of halogens is 1. The highest BCUT2D eigenvalue weighted by molar-refractivity contribution is 6.30. The first-order valence-electron chi connectivity index (χ1n) is 8.09. The van der Waals surface area contributed by atoms with Crippen LogP contribution in [-0.4, -0.2) is 78.0 Å². The molecule has 2 rings (SSSR count). The summed E-state index contributed by atoms with van der Waals surface area (Å²) in [5.74, 6) is -0.783. The number of nitrogens with zero attached hydrogens (tertiary/aromatic N) is 3. The summed E-state index contributed by atoms with van der Waals surface area (Å²) in [6, 6.07) is 7.84. The molecule has 0 unspecified atom stereocenters. The van der Waals surface area contributed by atoms with Crippen molar-refractivity contribution < 1.29 is 14.7 Å². The highest BCUT2D eigenvalue weighted by Crippen LogP contribution is 2.14. The Morgan fingerprint density at radius 2 is 1.96 bits per heavy atom. The van der Waals surface area contributed by atoms with E-state index in [1.54, 1.807) is 11.9 Å². The van der Waals surface area contributed by atoms with Gasteiger partial charge in [-0.25, -0.2) is 0 Å². The van der Waals surface area contributed by atoms with Crippen LogP contribution >= 0.6 is 11.6 Å². The molecular formula is C17H24ClN3O3. The summed E-state index contributed by atoms with van der Waals surface area (Å²) in [4.78, 5) is 28.7. The predicted octanol–water partition coefficient (Wildman–Crippen LogP) is 1.39. The van der Waals surface area contributed by atoms with Crippen molar-refractivity contribution in [2.45, 2.75) is 13.0 Å². The van der Waals surface area contributed by atoms with Crippen molar-refractivity contribution in [3.8, 4) is 0 Å². The Balaban J connectivity index is 1.73. The van der Waals surface area contributed by atoms with E-state index in [2.05, 4.69) is 11.0 Å². The van der Waals surface area contributed by atoms with Crippen LogP contribution in [0.3, 0.4) is 0 Å². The van der Waals surface area contributed by atoms with Crippen LogP contribution in [0.25, 0.3) is 0 Å². The van der Waals surface area contributed by atoms with Crippen LogP contribution in [0.4, 0.5) is 0 Å². The summed E-state index contributed by atoms with van der Waals surface area (Å²) in [5.41, 5.74) is 1.18. The minimum Gasteiger partial charge on any atom is -0.481 e. The normalized spacial score (nSPS) is 15.7.